The summed E-state index contributed by atoms with van der Waals surface area (Å²) in [6.45, 7) is 20.1. The van der Waals surface area contributed by atoms with Crippen molar-refractivity contribution in [3.63, 3.8) is 0 Å². The fraction of sp³-hybridized carbons (Fsp3) is 0.444. The Morgan fingerprint density at radius 1 is 1.07 bits per heavy atom. The van der Waals surface area contributed by atoms with Crippen molar-refractivity contribution in [1.29, 1.82) is 0 Å². The molecule has 0 saturated carbocycles. The van der Waals surface area contributed by atoms with E-state index in [0.29, 0.717) is 36.6 Å². The molecule has 0 unspecified atom stereocenters. The zero-order valence-corrected chi connectivity index (χ0v) is 28.0. The molecule has 0 amide bonds. The van der Waals surface area contributed by atoms with Gasteiger partial charge in [-0.3, -0.25) is 4.68 Å². The van der Waals surface area contributed by atoms with Gasteiger partial charge in [-0.25, -0.2) is 9.78 Å². The zero-order chi connectivity index (χ0) is 33.1. The number of hydrogen-bond donors (Lipinski definition) is 0. The molecular formula is C36H46N6O4. The third-order valence-electron chi connectivity index (χ3n) is 8.28. The number of fused-ring (bicyclic) bond motifs is 1. The number of benzene rings is 1. The maximum Gasteiger partial charge on any atom is 0.339 e. The summed E-state index contributed by atoms with van der Waals surface area (Å²) in [5.41, 5.74) is 4.71. The number of anilines is 1. The third kappa shape index (κ3) is 7.24. The fourth-order valence-corrected chi connectivity index (χ4v) is 5.85. The van der Waals surface area contributed by atoms with Crippen LogP contribution in [0.1, 0.15) is 64.3 Å². The molecule has 1 saturated heterocycles. The summed E-state index contributed by atoms with van der Waals surface area (Å²) in [5, 5.41) is 9.86. The summed E-state index contributed by atoms with van der Waals surface area (Å²) in [5.74, 6) is 0.292. The quantitative estimate of drug-likeness (QED) is 0.126. The van der Waals surface area contributed by atoms with Gasteiger partial charge in [-0.2, -0.15) is 14.7 Å². The number of allylic oxidation sites excluding steroid dienone is 1. The number of rotatable bonds is 12. The maximum absolute atomic E-state index is 13.3. The lowest BCUT2D eigenvalue weighted by Gasteiger charge is -2.41. The molecule has 3 aromatic heterocycles. The first-order valence-electron chi connectivity index (χ1n) is 15.9. The van der Waals surface area contributed by atoms with E-state index in [-0.39, 0.29) is 5.60 Å². The first-order valence-corrected chi connectivity index (χ1v) is 15.9. The van der Waals surface area contributed by atoms with Crippen LogP contribution in [0.5, 0.6) is 0 Å². The predicted octanol–water partition coefficient (Wildman–Crippen LogP) is 6.74. The molecule has 0 bridgehead atoms. The molecule has 0 aliphatic carbocycles. The van der Waals surface area contributed by atoms with Gasteiger partial charge >= 0.3 is 5.97 Å². The van der Waals surface area contributed by atoms with Crippen molar-refractivity contribution >= 4 is 17.4 Å². The van der Waals surface area contributed by atoms with Crippen LogP contribution in [0.2, 0.25) is 0 Å². The van der Waals surface area contributed by atoms with Crippen LogP contribution in [0.3, 0.4) is 0 Å². The van der Waals surface area contributed by atoms with Gasteiger partial charge in [0.2, 0.25) is 0 Å². The smallest absolute Gasteiger partial charge is 0.339 e. The number of hydrogen-bond acceptors (Lipinski definition) is 8. The minimum Gasteiger partial charge on any atom is -0.467 e. The number of aryl methyl sites for hydroxylation is 2. The van der Waals surface area contributed by atoms with E-state index < -0.39 is 17.7 Å². The minimum absolute atomic E-state index is 0.274. The van der Waals surface area contributed by atoms with E-state index in [9.17, 15) is 4.79 Å². The summed E-state index contributed by atoms with van der Waals surface area (Å²) >= 11 is 0. The van der Waals surface area contributed by atoms with Gasteiger partial charge in [0.1, 0.15) is 5.82 Å². The normalized spacial score (nSPS) is 15.6. The highest BCUT2D eigenvalue weighted by molar-refractivity contribution is 5.80. The van der Waals surface area contributed by atoms with Crippen molar-refractivity contribution in [3.05, 3.63) is 79.2 Å². The molecule has 5 rings (SSSR count). The molecule has 46 heavy (non-hydrogen) atoms. The van der Waals surface area contributed by atoms with Gasteiger partial charge in [-0.05, 0) is 66.0 Å². The molecule has 244 valence electrons. The molecule has 1 atom stereocenters. The molecule has 0 spiro atoms. The Hall–Kier alpha value is -4.28. The number of ether oxygens (including phenoxy) is 3. The van der Waals surface area contributed by atoms with Crippen LogP contribution in [-0.2, 0) is 25.5 Å². The van der Waals surface area contributed by atoms with Crippen LogP contribution in [0.25, 0.3) is 28.2 Å². The largest absolute Gasteiger partial charge is 0.467 e. The Morgan fingerprint density at radius 3 is 2.43 bits per heavy atom. The van der Waals surface area contributed by atoms with E-state index in [1.54, 1.807) is 6.08 Å². The fourth-order valence-electron chi connectivity index (χ4n) is 5.85. The second-order valence-electron chi connectivity index (χ2n) is 13.0. The highest BCUT2D eigenvalue weighted by Gasteiger charge is 2.38. The third-order valence-corrected chi connectivity index (χ3v) is 8.28. The molecule has 1 aliphatic rings. The predicted molar refractivity (Wildman–Crippen MR) is 181 cm³/mol. The van der Waals surface area contributed by atoms with Crippen LogP contribution < -0.4 is 4.90 Å². The molecular weight excluding hydrogens is 580 g/mol. The summed E-state index contributed by atoms with van der Waals surface area (Å²) in [4.78, 5) is 20.5. The van der Waals surface area contributed by atoms with E-state index in [4.69, 9.17) is 29.4 Å². The Morgan fingerprint density at radius 2 is 1.78 bits per heavy atom. The van der Waals surface area contributed by atoms with Gasteiger partial charge in [-0.1, -0.05) is 30.4 Å². The molecule has 0 N–H and O–H groups in total. The van der Waals surface area contributed by atoms with Gasteiger partial charge < -0.3 is 19.1 Å². The zero-order valence-electron chi connectivity index (χ0n) is 28.0. The number of esters is 1. The van der Waals surface area contributed by atoms with Crippen molar-refractivity contribution in [3.8, 4) is 22.5 Å². The van der Waals surface area contributed by atoms with Crippen molar-refractivity contribution in [1.82, 2.24) is 24.4 Å². The molecule has 0 radical (unpaired) electrons. The van der Waals surface area contributed by atoms with Crippen LogP contribution in [0, 0.1) is 6.92 Å². The number of aromatic nitrogens is 5. The molecule has 4 heterocycles. The molecule has 10 nitrogen and oxygen atoms in total. The van der Waals surface area contributed by atoms with Crippen LogP contribution in [0.4, 0.5) is 5.82 Å². The van der Waals surface area contributed by atoms with E-state index in [1.807, 2.05) is 73.4 Å². The lowest BCUT2D eigenvalue weighted by atomic mass is 9.92. The van der Waals surface area contributed by atoms with Gasteiger partial charge in [-0.15, -0.1) is 13.2 Å². The van der Waals surface area contributed by atoms with Gasteiger partial charge in [0.25, 0.3) is 0 Å². The summed E-state index contributed by atoms with van der Waals surface area (Å²) in [6.07, 6.45) is 7.11. The Bertz CT molecular complexity index is 1710. The second-order valence-corrected chi connectivity index (χ2v) is 13.0. The first-order chi connectivity index (χ1) is 21.9. The Kier molecular flexibility index (Phi) is 9.79. The summed E-state index contributed by atoms with van der Waals surface area (Å²) in [6, 6.07) is 12.2. The number of methoxy groups -OCH3 is 1. The number of carbonyl (C=O) groups excluding carboxylic acids is 1. The number of nitrogens with zero attached hydrogens (tertiary/aromatic N) is 6. The van der Waals surface area contributed by atoms with Crippen molar-refractivity contribution in [2.24, 2.45) is 0 Å². The van der Waals surface area contributed by atoms with Crippen LogP contribution >= 0.6 is 0 Å². The average molecular weight is 627 g/mol. The minimum atomic E-state index is -0.991. The number of carbonyl (C=O) groups is 1. The molecule has 1 aromatic carbocycles. The number of piperidine rings is 1. The van der Waals surface area contributed by atoms with Crippen molar-refractivity contribution < 1.29 is 19.0 Å². The topological polar surface area (TPSA) is 96.0 Å². The second kappa shape index (κ2) is 13.6. The van der Waals surface area contributed by atoms with Crippen molar-refractivity contribution in [2.75, 3.05) is 31.7 Å². The monoisotopic (exact) mass is 626 g/mol. The molecule has 10 heteroatoms. The molecule has 1 aliphatic heterocycles. The first kappa shape index (κ1) is 33.1. The standard InChI is InChI=1S/C36H46N6O4/c1-9-11-18-41-19-15-28(38-41)26-13-12-14-27(23-26)29-24-30-37-25(3)31(32(34(43)44-8)46-35(4,5)6)33(42(30)39-29)40-20-16-36(7,17-21-40)45-22-10-2/h9-10,12-15,19,23-24,32H,1-2,11,16-18,20-22H2,3-8H3/t32-/m0/s1. The van der Waals surface area contributed by atoms with E-state index in [2.05, 4.69) is 37.1 Å². The highest BCUT2D eigenvalue weighted by atomic mass is 16.6. The Labute approximate surface area is 271 Å². The lowest BCUT2D eigenvalue weighted by molar-refractivity contribution is -0.164. The van der Waals surface area contributed by atoms with Gasteiger partial charge in [0.05, 0.1) is 41.9 Å². The van der Waals surface area contributed by atoms with Crippen LogP contribution in [0.15, 0.2) is 67.9 Å². The van der Waals surface area contributed by atoms with Crippen LogP contribution in [-0.4, -0.2) is 68.4 Å². The molecule has 4 aromatic rings. The van der Waals surface area contributed by atoms with Crippen molar-refractivity contribution in [2.45, 2.75) is 77.7 Å². The SMILES string of the molecule is C=CCCn1ccc(-c2cccc(-c3cc4nc(C)c([C@H](OC(C)(C)C)C(=O)OC)c(N5CCC(C)(OCC=C)CC5)n4n3)c2)n1. The average Bonchev–Trinajstić information content (AvgIpc) is 3.68. The lowest BCUT2D eigenvalue weighted by Crippen LogP contribution is -2.45. The van der Waals surface area contributed by atoms with E-state index >= 15 is 0 Å². The van der Waals surface area contributed by atoms with Gasteiger partial charge in [0, 0.05) is 48.7 Å². The van der Waals surface area contributed by atoms with E-state index in [1.165, 1.54) is 7.11 Å². The summed E-state index contributed by atoms with van der Waals surface area (Å²) < 4.78 is 21.6. The Balaban J connectivity index is 1.61. The summed E-state index contributed by atoms with van der Waals surface area (Å²) in [7, 11) is 1.38. The maximum atomic E-state index is 13.3. The molecule has 1 fully saturated rings. The van der Waals surface area contributed by atoms with E-state index in [0.717, 1.165) is 54.1 Å². The highest BCUT2D eigenvalue weighted by Crippen LogP contribution is 2.39. The van der Waals surface area contributed by atoms with Gasteiger partial charge in [0.15, 0.2) is 11.8 Å².